The van der Waals surface area contributed by atoms with E-state index < -0.39 is 0 Å². The molecule has 0 unspecified atom stereocenters. The standard InChI is InChI=1S/C12H10Br2N2O/c13-9-4-2-1-3-8(9)7-17-12-10(14)5-16-6-11(12)15/h1-6H,7,15H2. The highest BCUT2D eigenvalue weighted by Crippen LogP contribution is 2.31. The van der Waals surface area contributed by atoms with E-state index in [-0.39, 0.29) is 0 Å². The first-order chi connectivity index (χ1) is 8.18. The average Bonchev–Trinajstić information content (AvgIpc) is 2.30. The van der Waals surface area contributed by atoms with Crippen molar-refractivity contribution >= 4 is 37.5 Å². The molecule has 0 bridgehead atoms. The molecule has 0 fully saturated rings. The number of rotatable bonds is 3. The number of nitrogens with zero attached hydrogens (tertiary/aromatic N) is 1. The van der Waals surface area contributed by atoms with E-state index in [2.05, 4.69) is 36.8 Å². The van der Waals surface area contributed by atoms with Crippen LogP contribution >= 0.6 is 31.9 Å². The zero-order chi connectivity index (χ0) is 12.3. The molecule has 2 N–H and O–H groups in total. The monoisotopic (exact) mass is 356 g/mol. The Hall–Kier alpha value is -1.07. The number of hydrogen-bond donors (Lipinski definition) is 1. The second kappa shape index (κ2) is 5.51. The second-order valence-electron chi connectivity index (χ2n) is 3.42. The molecule has 0 atom stereocenters. The summed E-state index contributed by atoms with van der Waals surface area (Å²) in [6, 6.07) is 7.90. The summed E-state index contributed by atoms with van der Waals surface area (Å²) in [5, 5.41) is 0. The SMILES string of the molecule is Nc1cncc(Br)c1OCc1ccccc1Br. The van der Waals surface area contributed by atoms with Gasteiger partial charge in [0.05, 0.1) is 16.4 Å². The van der Waals surface area contributed by atoms with Gasteiger partial charge in [-0.1, -0.05) is 34.1 Å². The van der Waals surface area contributed by atoms with Crippen LogP contribution in [0.25, 0.3) is 0 Å². The molecule has 5 heteroatoms. The summed E-state index contributed by atoms with van der Waals surface area (Å²) in [5.74, 6) is 0.621. The maximum atomic E-state index is 5.79. The molecule has 88 valence electrons. The quantitative estimate of drug-likeness (QED) is 0.909. The van der Waals surface area contributed by atoms with Crippen LogP contribution in [0.4, 0.5) is 5.69 Å². The first kappa shape index (κ1) is 12.4. The van der Waals surface area contributed by atoms with E-state index in [0.717, 1.165) is 14.5 Å². The first-order valence-corrected chi connectivity index (χ1v) is 6.52. The number of hydrogen-bond acceptors (Lipinski definition) is 3. The van der Waals surface area contributed by atoms with Crippen molar-refractivity contribution in [2.75, 3.05) is 5.73 Å². The Balaban J connectivity index is 2.16. The number of ether oxygens (including phenoxy) is 1. The fraction of sp³-hybridized carbons (Fsp3) is 0.0833. The minimum atomic E-state index is 0.453. The van der Waals surface area contributed by atoms with Gasteiger partial charge in [-0.15, -0.1) is 0 Å². The lowest BCUT2D eigenvalue weighted by Gasteiger charge is -2.11. The van der Waals surface area contributed by atoms with Crippen molar-refractivity contribution < 1.29 is 4.74 Å². The fourth-order valence-electron chi connectivity index (χ4n) is 1.36. The van der Waals surface area contributed by atoms with E-state index in [1.807, 2.05) is 24.3 Å². The van der Waals surface area contributed by atoms with E-state index in [1.165, 1.54) is 0 Å². The Morgan fingerprint density at radius 2 is 1.88 bits per heavy atom. The normalized spacial score (nSPS) is 10.2. The van der Waals surface area contributed by atoms with Crippen molar-refractivity contribution in [2.24, 2.45) is 0 Å². The molecule has 0 radical (unpaired) electrons. The van der Waals surface area contributed by atoms with Gasteiger partial charge in [-0.25, -0.2) is 0 Å². The van der Waals surface area contributed by atoms with Gasteiger partial charge >= 0.3 is 0 Å². The van der Waals surface area contributed by atoms with Crippen LogP contribution in [-0.2, 0) is 6.61 Å². The van der Waals surface area contributed by atoms with E-state index in [0.29, 0.717) is 18.0 Å². The Kier molecular flexibility index (Phi) is 4.02. The average molecular weight is 358 g/mol. The van der Waals surface area contributed by atoms with Crippen molar-refractivity contribution in [1.82, 2.24) is 4.98 Å². The molecule has 0 aliphatic carbocycles. The van der Waals surface area contributed by atoms with Gasteiger partial charge in [0.25, 0.3) is 0 Å². The smallest absolute Gasteiger partial charge is 0.160 e. The molecule has 0 saturated heterocycles. The molecule has 0 aliphatic heterocycles. The van der Waals surface area contributed by atoms with Gasteiger partial charge < -0.3 is 10.5 Å². The number of halogens is 2. The Labute approximate surface area is 116 Å². The number of aromatic nitrogens is 1. The molecule has 0 saturated carbocycles. The van der Waals surface area contributed by atoms with Gasteiger partial charge in [0.15, 0.2) is 5.75 Å². The summed E-state index contributed by atoms with van der Waals surface area (Å²) in [5.41, 5.74) is 7.38. The molecule has 3 nitrogen and oxygen atoms in total. The molecule has 17 heavy (non-hydrogen) atoms. The molecule has 2 aromatic rings. The third kappa shape index (κ3) is 2.98. The molecule has 0 aliphatic rings. The van der Waals surface area contributed by atoms with Crippen molar-refractivity contribution in [1.29, 1.82) is 0 Å². The Morgan fingerprint density at radius 1 is 1.12 bits per heavy atom. The Morgan fingerprint density at radius 3 is 2.59 bits per heavy atom. The predicted octanol–water partition coefficient (Wildman–Crippen LogP) is 3.77. The number of anilines is 1. The number of pyridine rings is 1. The molecule has 0 amide bonds. The van der Waals surface area contributed by atoms with Crippen LogP contribution < -0.4 is 10.5 Å². The van der Waals surface area contributed by atoms with Crippen LogP contribution in [-0.4, -0.2) is 4.98 Å². The van der Waals surface area contributed by atoms with Crippen LogP contribution in [0.3, 0.4) is 0 Å². The van der Waals surface area contributed by atoms with Crippen molar-refractivity contribution in [3.05, 3.63) is 51.2 Å². The number of benzene rings is 1. The molecule has 1 heterocycles. The zero-order valence-corrected chi connectivity index (χ0v) is 12.0. The molecular formula is C12H10Br2N2O. The third-order valence-electron chi connectivity index (χ3n) is 2.21. The van der Waals surface area contributed by atoms with Gasteiger partial charge in [0, 0.05) is 16.2 Å². The number of nitrogens with two attached hydrogens (primary N) is 1. The van der Waals surface area contributed by atoms with Gasteiger partial charge in [-0.3, -0.25) is 4.98 Å². The zero-order valence-electron chi connectivity index (χ0n) is 8.86. The maximum absolute atomic E-state index is 5.79. The van der Waals surface area contributed by atoms with Crippen molar-refractivity contribution in [2.45, 2.75) is 6.61 Å². The predicted molar refractivity (Wildman–Crippen MR) is 74.8 cm³/mol. The van der Waals surface area contributed by atoms with E-state index in [9.17, 15) is 0 Å². The van der Waals surface area contributed by atoms with Gasteiger partial charge in [0.2, 0.25) is 0 Å². The summed E-state index contributed by atoms with van der Waals surface area (Å²) < 4.78 is 7.46. The third-order valence-corrected chi connectivity index (χ3v) is 3.55. The van der Waals surface area contributed by atoms with Crippen molar-refractivity contribution in [3.8, 4) is 5.75 Å². The lowest BCUT2D eigenvalue weighted by Crippen LogP contribution is -2.00. The largest absolute Gasteiger partial charge is 0.485 e. The topological polar surface area (TPSA) is 48.1 Å². The van der Waals surface area contributed by atoms with Crippen LogP contribution in [0.1, 0.15) is 5.56 Å². The first-order valence-electron chi connectivity index (χ1n) is 4.93. The molecule has 2 rings (SSSR count). The molecule has 1 aromatic carbocycles. The van der Waals surface area contributed by atoms with E-state index in [1.54, 1.807) is 12.4 Å². The highest BCUT2D eigenvalue weighted by molar-refractivity contribution is 9.10. The minimum Gasteiger partial charge on any atom is -0.485 e. The summed E-state index contributed by atoms with van der Waals surface area (Å²) in [7, 11) is 0. The molecule has 1 aromatic heterocycles. The second-order valence-corrected chi connectivity index (χ2v) is 5.13. The fourth-order valence-corrected chi connectivity index (χ4v) is 2.22. The highest BCUT2D eigenvalue weighted by Gasteiger charge is 2.07. The van der Waals surface area contributed by atoms with Gasteiger partial charge in [0.1, 0.15) is 6.61 Å². The van der Waals surface area contributed by atoms with Gasteiger partial charge in [-0.2, -0.15) is 0 Å². The van der Waals surface area contributed by atoms with E-state index in [4.69, 9.17) is 10.5 Å². The van der Waals surface area contributed by atoms with Gasteiger partial charge in [-0.05, 0) is 22.0 Å². The van der Waals surface area contributed by atoms with Crippen LogP contribution in [0.15, 0.2) is 45.6 Å². The van der Waals surface area contributed by atoms with Crippen LogP contribution in [0.2, 0.25) is 0 Å². The molecular weight excluding hydrogens is 348 g/mol. The minimum absolute atomic E-state index is 0.453. The Bertz CT molecular complexity index is 511. The van der Waals surface area contributed by atoms with Crippen LogP contribution in [0.5, 0.6) is 5.75 Å². The van der Waals surface area contributed by atoms with E-state index >= 15 is 0 Å². The molecule has 0 spiro atoms. The number of nitrogen functional groups attached to an aromatic ring is 1. The van der Waals surface area contributed by atoms with Crippen molar-refractivity contribution in [3.63, 3.8) is 0 Å². The summed E-state index contributed by atoms with van der Waals surface area (Å²) in [6.07, 6.45) is 3.23. The lowest BCUT2D eigenvalue weighted by molar-refractivity contribution is 0.305. The lowest BCUT2D eigenvalue weighted by atomic mass is 10.2. The summed E-state index contributed by atoms with van der Waals surface area (Å²) in [6.45, 7) is 0.453. The highest BCUT2D eigenvalue weighted by atomic mass is 79.9. The summed E-state index contributed by atoms with van der Waals surface area (Å²) >= 11 is 6.83. The van der Waals surface area contributed by atoms with Crippen LogP contribution in [0, 0.1) is 0 Å². The summed E-state index contributed by atoms with van der Waals surface area (Å²) in [4.78, 5) is 3.96. The maximum Gasteiger partial charge on any atom is 0.160 e.